The lowest BCUT2D eigenvalue weighted by molar-refractivity contribution is 0.0479. The third-order valence-corrected chi connectivity index (χ3v) is 2.91. The summed E-state index contributed by atoms with van der Waals surface area (Å²) in [5.41, 5.74) is 0. The monoisotopic (exact) mass is 186 g/mol. The fourth-order valence-electron chi connectivity index (χ4n) is 1.94. The molecule has 0 aromatic rings. The predicted molar refractivity (Wildman–Crippen MR) is 55.0 cm³/mol. The molecule has 0 aliphatic carbocycles. The van der Waals surface area contributed by atoms with Crippen LogP contribution < -0.4 is 5.32 Å². The molecule has 1 rings (SSSR count). The summed E-state index contributed by atoms with van der Waals surface area (Å²) < 4.78 is 5.22. The van der Waals surface area contributed by atoms with Gasteiger partial charge in [-0.1, -0.05) is 6.92 Å². The Kier molecular flexibility index (Phi) is 4.70. The van der Waals surface area contributed by atoms with Crippen molar-refractivity contribution in [3.8, 4) is 0 Å². The maximum absolute atomic E-state index is 5.22. The molecule has 0 bridgehead atoms. The number of hydrogen-bond donors (Lipinski definition) is 1. The first-order valence-corrected chi connectivity index (χ1v) is 5.25. The van der Waals surface area contributed by atoms with E-state index in [1.807, 2.05) is 0 Å². The molecule has 78 valence electrons. The Morgan fingerprint density at radius 3 is 3.00 bits per heavy atom. The van der Waals surface area contributed by atoms with Gasteiger partial charge in [0.25, 0.3) is 0 Å². The van der Waals surface area contributed by atoms with Crippen LogP contribution >= 0.6 is 0 Å². The molecule has 0 aromatic heterocycles. The number of ether oxygens (including phenoxy) is 1. The maximum atomic E-state index is 5.22. The molecule has 1 aliphatic heterocycles. The van der Waals surface area contributed by atoms with E-state index in [-0.39, 0.29) is 0 Å². The highest BCUT2D eigenvalue weighted by Crippen LogP contribution is 2.10. The van der Waals surface area contributed by atoms with Crippen LogP contribution in [0.2, 0.25) is 0 Å². The summed E-state index contributed by atoms with van der Waals surface area (Å²) >= 11 is 0. The fraction of sp³-hybridized carbons (Fsp3) is 1.00. The molecule has 3 heteroatoms. The molecule has 0 spiro atoms. The first-order chi connectivity index (χ1) is 6.29. The van der Waals surface area contributed by atoms with Crippen LogP contribution in [-0.2, 0) is 4.74 Å². The number of rotatable bonds is 4. The van der Waals surface area contributed by atoms with Gasteiger partial charge in [0, 0.05) is 38.8 Å². The Hall–Kier alpha value is -0.120. The van der Waals surface area contributed by atoms with Crippen LogP contribution in [0.15, 0.2) is 0 Å². The van der Waals surface area contributed by atoms with Crippen molar-refractivity contribution in [2.45, 2.75) is 32.4 Å². The van der Waals surface area contributed by atoms with Crippen LogP contribution in [0.25, 0.3) is 0 Å². The molecule has 1 aliphatic rings. The first-order valence-electron chi connectivity index (χ1n) is 5.25. The first kappa shape index (κ1) is 11.0. The van der Waals surface area contributed by atoms with Crippen molar-refractivity contribution in [1.29, 1.82) is 0 Å². The van der Waals surface area contributed by atoms with Crippen LogP contribution in [0.3, 0.4) is 0 Å². The SMILES string of the molecule is CCC(C)N1CCNCC1COC. The van der Waals surface area contributed by atoms with Crippen LogP contribution in [0.1, 0.15) is 20.3 Å². The number of nitrogens with zero attached hydrogens (tertiary/aromatic N) is 1. The Morgan fingerprint density at radius 2 is 2.38 bits per heavy atom. The minimum absolute atomic E-state index is 0.564. The van der Waals surface area contributed by atoms with Crippen LogP contribution in [0.5, 0.6) is 0 Å². The zero-order valence-electron chi connectivity index (χ0n) is 9.05. The number of methoxy groups -OCH3 is 1. The van der Waals surface area contributed by atoms with Crippen molar-refractivity contribution in [2.24, 2.45) is 0 Å². The largest absolute Gasteiger partial charge is 0.383 e. The summed E-state index contributed by atoms with van der Waals surface area (Å²) in [6.45, 7) is 8.73. The molecule has 2 unspecified atom stereocenters. The minimum Gasteiger partial charge on any atom is -0.383 e. The summed E-state index contributed by atoms with van der Waals surface area (Å²) in [7, 11) is 1.78. The summed E-state index contributed by atoms with van der Waals surface area (Å²) in [5, 5.41) is 3.41. The van der Waals surface area contributed by atoms with Gasteiger partial charge >= 0.3 is 0 Å². The summed E-state index contributed by atoms with van der Waals surface area (Å²) in [5.74, 6) is 0. The molecule has 0 aromatic carbocycles. The lowest BCUT2D eigenvalue weighted by Gasteiger charge is -2.39. The van der Waals surface area contributed by atoms with Gasteiger partial charge in [0.05, 0.1) is 6.61 Å². The van der Waals surface area contributed by atoms with Crippen molar-refractivity contribution in [3.05, 3.63) is 0 Å². The van der Waals surface area contributed by atoms with E-state index in [1.165, 1.54) is 6.42 Å². The molecule has 1 saturated heterocycles. The summed E-state index contributed by atoms with van der Waals surface area (Å²) in [6, 6.07) is 1.25. The van der Waals surface area contributed by atoms with E-state index in [0.717, 1.165) is 26.2 Å². The number of piperazine rings is 1. The molecule has 0 amide bonds. The van der Waals surface area contributed by atoms with E-state index < -0.39 is 0 Å². The number of nitrogens with one attached hydrogen (secondary N) is 1. The molecule has 0 radical (unpaired) electrons. The highest BCUT2D eigenvalue weighted by molar-refractivity contribution is 4.82. The molecular formula is C10H22N2O. The highest BCUT2D eigenvalue weighted by atomic mass is 16.5. The highest BCUT2D eigenvalue weighted by Gasteiger charge is 2.24. The molecule has 1 fully saturated rings. The second-order valence-electron chi connectivity index (χ2n) is 3.81. The zero-order valence-corrected chi connectivity index (χ0v) is 9.05. The van der Waals surface area contributed by atoms with Gasteiger partial charge in [-0.15, -0.1) is 0 Å². The molecule has 2 atom stereocenters. The van der Waals surface area contributed by atoms with Gasteiger partial charge in [-0.25, -0.2) is 0 Å². The summed E-state index contributed by atoms with van der Waals surface area (Å²) in [6.07, 6.45) is 1.22. The Labute approximate surface area is 81.4 Å². The molecule has 1 N–H and O–H groups in total. The van der Waals surface area contributed by atoms with Gasteiger partial charge in [0.1, 0.15) is 0 Å². The van der Waals surface area contributed by atoms with Crippen molar-refractivity contribution in [2.75, 3.05) is 33.4 Å². The maximum Gasteiger partial charge on any atom is 0.0630 e. The summed E-state index contributed by atoms with van der Waals surface area (Å²) in [4.78, 5) is 2.56. The van der Waals surface area contributed by atoms with Gasteiger partial charge < -0.3 is 10.1 Å². The second-order valence-corrected chi connectivity index (χ2v) is 3.81. The van der Waals surface area contributed by atoms with Crippen LogP contribution in [0.4, 0.5) is 0 Å². The van der Waals surface area contributed by atoms with Gasteiger partial charge in [-0.05, 0) is 13.3 Å². The van der Waals surface area contributed by atoms with E-state index in [4.69, 9.17) is 4.74 Å². The van der Waals surface area contributed by atoms with Crippen LogP contribution in [0, 0.1) is 0 Å². The Morgan fingerprint density at radius 1 is 1.62 bits per heavy atom. The average molecular weight is 186 g/mol. The third-order valence-electron chi connectivity index (χ3n) is 2.91. The van der Waals surface area contributed by atoms with Crippen molar-refractivity contribution in [3.63, 3.8) is 0 Å². The van der Waals surface area contributed by atoms with Crippen LogP contribution in [-0.4, -0.2) is 50.3 Å². The molecule has 0 saturated carbocycles. The van der Waals surface area contributed by atoms with Crippen molar-refractivity contribution < 1.29 is 4.74 Å². The smallest absolute Gasteiger partial charge is 0.0630 e. The topological polar surface area (TPSA) is 24.5 Å². The van der Waals surface area contributed by atoms with Gasteiger partial charge in [0.2, 0.25) is 0 Å². The third kappa shape index (κ3) is 2.93. The van der Waals surface area contributed by atoms with Gasteiger partial charge in [-0.3, -0.25) is 4.90 Å². The molecule has 13 heavy (non-hydrogen) atoms. The standard InChI is InChI=1S/C10H22N2O/c1-4-9(2)12-6-5-11-7-10(12)8-13-3/h9-11H,4-8H2,1-3H3. The fourth-order valence-corrected chi connectivity index (χ4v) is 1.94. The minimum atomic E-state index is 0.564. The Bertz CT molecular complexity index is 139. The van der Waals surface area contributed by atoms with E-state index in [0.29, 0.717) is 12.1 Å². The van der Waals surface area contributed by atoms with E-state index >= 15 is 0 Å². The van der Waals surface area contributed by atoms with Gasteiger partial charge in [-0.2, -0.15) is 0 Å². The van der Waals surface area contributed by atoms with E-state index in [1.54, 1.807) is 7.11 Å². The van der Waals surface area contributed by atoms with Gasteiger partial charge in [0.15, 0.2) is 0 Å². The van der Waals surface area contributed by atoms with Crippen molar-refractivity contribution in [1.82, 2.24) is 10.2 Å². The predicted octanol–water partition coefficient (Wildman–Crippen LogP) is 0.705. The second kappa shape index (κ2) is 5.58. The molecule has 3 nitrogen and oxygen atoms in total. The average Bonchev–Trinajstić information content (AvgIpc) is 2.18. The Balaban J connectivity index is 2.45. The lowest BCUT2D eigenvalue weighted by atomic mass is 10.1. The quantitative estimate of drug-likeness (QED) is 0.699. The lowest BCUT2D eigenvalue weighted by Crippen LogP contribution is -2.56. The van der Waals surface area contributed by atoms with Crippen molar-refractivity contribution >= 4 is 0 Å². The van der Waals surface area contributed by atoms with E-state index in [9.17, 15) is 0 Å². The normalized spacial score (nSPS) is 27.5. The molecule has 1 heterocycles. The molecular weight excluding hydrogens is 164 g/mol. The number of hydrogen-bond acceptors (Lipinski definition) is 3. The van der Waals surface area contributed by atoms with E-state index in [2.05, 4.69) is 24.1 Å². The zero-order chi connectivity index (χ0) is 9.68.